The Bertz CT molecular complexity index is 246. The zero-order valence-electron chi connectivity index (χ0n) is 7.58. The molecule has 0 nitrogen and oxygen atoms in total. The Balaban J connectivity index is 2.71. The van der Waals surface area contributed by atoms with Crippen molar-refractivity contribution >= 4 is 17.8 Å². The van der Waals surface area contributed by atoms with E-state index in [0.717, 1.165) is 0 Å². The summed E-state index contributed by atoms with van der Waals surface area (Å²) in [5, 5.41) is 0.652. The van der Waals surface area contributed by atoms with Gasteiger partial charge in [-0.25, -0.2) is 0 Å². The Labute approximate surface area is 78.7 Å². The summed E-state index contributed by atoms with van der Waals surface area (Å²) >= 11 is 1.88. The first kappa shape index (κ1) is 9.40. The zero-order valence-corrected chi connectivity index (χ0v) is 8.40. The van der Waals surface area contributed by atoms with Crippen molar-refractivity contribution in [3.8, 4) is 0 Å². The fourth-order valence-corrected chi connectivity index (χ4v) is 1.79. The molecule has 0 aliphatic heterocycles. The van der Waals surface area contributed by atoms with Crippen molar-refractivity contribution in [1.82, 2.24) is 0 Å². The Kier molecular flexibility index (Phi) is 3.42. The lowest BCUT2D eigenvalue weighted by Crippen LogP contribution is -1.85. The largest absolute Gasteiger partial charge is 0.123 e. The third-order valence-corrected chi connectivity index (χ3v) is 2.50. The first-order chi connectivity index (χ1) is 5.72. The smallest absolute Gasteiger partial charge is 0.00749 e. The van der Waals surface area contributed by atoms with Crippen LogP contribution in [0.15, 0.2) is 35.7 Å². The number of hydrogen-bond acceptors (Lipinski definition) is 1. The second-order valence-corrected chi connectivity index (χ2v) is 4.59. The van der Waals surface area contributed by atoms with Crippen LogP contribution in [0.25, 0.3) is 6.08 Å². The highest BCUT2D eigenvalue weighted by molar-refractivity contribution is 7.99. The van der Waals surface area contributed by atoms with Crippen molar-refractivity contribution in [2.24, 2.45) is 0 Å². The highest BCUT2D eigenvalue weighted by atomic mass is 32.2. The van der Waals surface area contributed by atoms with Gasteiger partial charge in [-0.05, 0) is 17.7 Å². The lowest BCUT2D eigenvalue weighted by molar-refractivity contribution is 1.11. The van der Waals surface area contributed by atoms with E-state index in [1.54, 1.807) is 0 Å². The molecule has 0 heterocycles. The van der Waals surface area contributed by atoms with Crippen LogP contribution in [0.3, 0.4) is 0 Å². The second-order valence-electron chi connectivity index (χ2n) is 2.94. The van der Waals surface area contributed by atoms with Gasteiger partial charge in [-0.1, -0.05) is 38.6 Å². The van der Waals surface area contributed by atoms with Crippen molar-refractivity contribution in [2.75, 3.05) is 0 Å². The fraction of sp³-hybridized carbons (Fsp3) is 0.273. The fourth-order valence-electron chi connectivity index (χ4n) is 0.955. The van der Waals surface area contributed by atoms with Crippen LogP contribution in [-0.4, -0.2) is 5.25 Å². The quantitative estimate of drug-likeness (QED) is 0.634. The van der Waals surface area contributed by atoms with E-state index in [1.807, 2.05) is 17.8 Å². The minimum atomic E-state index is 0.652. The van der Waals surface area contributed by atoms with E-state index in [9.17, 15) is 0 Å². The SMILES string of the molecule is C=Cc1ccc(SC(C)C)cc1. The number of hydrogen-bond donors (Lipinski definition) is 0. The summed E-state index contributed by atoms with van der Waals surface area (Å²) in [4.78, 5) is 1.33. The van der Waals surface area contributed by atoms with Crippen LogP contribution >= 0.6 is 11.8 Å². The Morgan fingerprint density at radius 1 is 1.25 bits per heavy atom. The highest BCUT2D eigenvalue weighted by Crippen LogP contribution is 2.22. The number of thioether (sulfide) groups is 1. The maximum atomic E-state index is 3.71. The van der Waals surface area contributed by atoms with Crippen molar-refractivity contribution in [3.05, 3.63) is 36.4 Å². The monoisotopic (exact) mass is 178 g/mol. The lowest BCUT2D eigenvalue weighted by Gasteiger charge is -2.04. The molecule has 12 heavy (non-hydrogen) atoms. The maximum absolute atomic E-state index is 3.71. The average Bonchev–Trinajstić information content (AvgIpc) is 2.05. The molecule has 1 aromatic carbocycles. The van der Waals surface area contributed by atoms with E-state index in [4.69, 9.17) is 0 Å². The van der Waals surface area contributed by atoms with E-state index in [-0.39, 0.29) is 0 Å². The summed E-state index contributed by atoms with van der Waals surface area (Å²) in [6, 6.07) is 8.47. The molecule has 0 bridgehead atoms. The van der Waals surface area contributed by atoms with Crippen LogP contribution in [-0.2, 0) is 0 Å². The second kappa shape index (κ2) is 4.36. The molecule has 0 N–H and O–H groups in total. The first-order valence-corrected chi connectivity index (χ1v) is 4.99. The van der Waals surface area contributed by atoms with E-state index in [2.05, 4.69) is 44.7 Å². The van der Waals surface area contributed by atoms with Gasteiger partial charge in [0.05, 0.1) is 0 Å². The van der Waals surface area contributed by atoms with Crippen molar-refractivity contribution in [1.29, 1.82) is 0 Å². The van der Waals surface area contributed by atoms with Crippen LogP contribution in [0.4, 0.5) is 0 Å². The third kappa shape index (κ3) is 2.74. The molecule has 0 spiro atoms. The molecule has 64 valence electrons. The summed E-state index contributed by atoms with van der Waals surface area (Å²) in [6.07, 6.45) is 1.86. The highest BCUT2D eigenvalue weighted by Gasteiger charge is 1.96. The van der Waals surface area contributed by atoms with Crippen LogP contribution < -0.4 is 0 Å². The molecule has 1 heteroatoms. The molecule has 1 aromatic rings. The van der Waals surface area contributed by atoms with Gasteiger partial charge in [0.2, 0.25) is 0 Å². The Morgan fingerprint density at radius 2 is 1.83 bits per heavy atom. The van der Waals surface area contributed by atoms with Crippen molar-refractivity contribution in [2.45, 2.75) is 24.0 Å². The zero-order chi connectivity index (χ0) is 8.97. The van der Waals surface area contributed by atoms with Crippen molar-refractivity contribution in [3.63, 3.8) is 0 Å². The topological polar surface area (TPSA) is 0 Å². The predicted molar refractivity (Wildman–Crippen MR) is 57.5 cm³/mol. The number of benzene rings is 1. The van der Waals surface area contributed by atoms with Gasteiger partial charge < -0.3 is 0 Å². The predicted octanol–water partition coefficient (Wildman–Crippen LogP) is 3.83. The Hall–Kier alpha value is -0.690. The van der Waals surface area contributed by atoms with Gasteiger partial charge >= 0.3 is 0 Å². The molecule has 1 rings (SSSR count). The number of rotatable bonds is 3. The molecule has 0 atom stereocenters. The molecule has 0 saturated heterocycles. The molecular weight excluding hydrogens is 164 g/mol. The molecule has 0 aliphatic carbocycles. The van der Waals surface area contributed by atoms with Gasteiger partial charge in [0, 0.05) is 10.1 Å². The van der Waals surface area contributed by atoms with E-state index in [0.29, 0.717) is 5.25 Å². The molecule has 0 aliphatic rings. The summed E-state index contributed by atoms with van der Waals surface area (Å²) < 4.78 is 0. The average molecular weight is 178 g/mol. The molecule has 0 fully saturated rings. The maximum Gasteiger partial charge on any atom is 0.00749 e. The van der Waals surface area contributed by atoms with Gasteiger partial charge in [-0.3, -0.25) is 0 Å². The first-order valence-electron chi connectivity index (χ1n) is 4.11. The van der Waals surface area contributed by atoms with Gasteiger partial charge in [-0.2, -0.15) is 0 Å². The lowest BCUT2D eigenvalue weighted by atomic mass is 10.2. The van der Waals surface area contributed by atoms with Gasteiger partial charge in [0.15, 0.2) is 0 Å². The van der Waals surface area contributed by atoms with Gasteiger partial charge in [0.1, 0.15) is 0 Å². The van der Waals surface area contributed by atoms with Gasteiger partial charge in [-0.15, -0.1) is 11.8 Å². The van der Waals surface area contributed by atoms with E-state index < -0.39 is 0 Å². The molecule has 0 unspecified atom stereocenters. The molecule has 0 amide bonds. The normalized spacial score (nSPS) is 10.2. The standard InChI is InChI=1S/C11H14S/c1-4-10-5-7-11(8-6-10)12-9(2)3/h4-9H,1H2,2-3H3. The molecule has 0 saturated carbocycles. The summed E-state index contributed by atoms with van der Waals surface area (Å²) in [5.41, 5.74) is 1.18. The Morgan fingerprint density at radius 3 is 2.25 bits per heavy atom. The third-order valence-electron chi connectivity index (χ3n) is 1.49. The summed E-state index contributed by atoms with van der Waals surface area (Å²) in [7, 11) is 0. The molecular formula is C11H14S. The summed E-state index contributed by atoms with van der Waals surface area (Å²) in [6.45, 7) is 8.12. The van der Waals surface area contributed by atoms with Crippen LogP contribution in [0, 0.1) is 0 Å². The molecule has 0 aromatic heterocycles. The van der Waals surface area contributed by atoms with Crippen molar-refractivity contribution < 1.29 is 0 Å². The van der Waals surface area contributed by atoms with Gasteiger partial charge in [0.25, 0.3) is 0 Å². The summed E-state index contributed by atoms with van der Waals surface area (Å²) in [5.74, 6) is 0. The minimum absolute atomic E-state index is 0.652. The van der Waals surface area contributed by atoms with E-state index >= 15 is 0 Å². The van der Waals surface area contributed by atoms with Crippen LogP contribution in [0.5, 0.6) is 0 Å². The molecule has 0 radical (unpaired) electrons. The van der Waals surface area contributed by atoms with E-state index in [1.165, 1.54) is 10.5 Å². The minimum Gasteiger partial charge on any atom is -0.123 e. The van der Waals surface area contributed by atoms with Crippen LogP contribution in [0.2, 0.25) is 0 Å². The van der Waals surface area contributed by atoms with Crippen LogP contribution in [0.1, 0.15) is 19.4 Å².